The molecule has 1 aromatic rings. The molecule has 23 heavy (non-hydrogen) atoms. The maximum Gasteiger partial charge on any atom is 0.237 e. The van der Waals surface area contributed by atoms with Crippen molar-refractivity contribution in [3.05, 3.63) is 29.8 Å². The molecule has 1 N–H and O–H groups in total. The van der Waals surface area contributed by atoms with Crippen LogP contribution in [0.25, 0.3) is 0 Å². The van der Waals surface area contributed by atoms with E-state index in [0.29, 0.717) is 13.2 Å². The first-order chi connectivity index (χ1) is 11.1. The van der Waals surface area contributed by atoms with Crippen LogP contribution >= 0.6 is 0 Å². The molecular formula is C18H28N2O3. The van der Waals surface area contributed by atoms with Crippen molar-refractivity contribution in [2.45, 2.75) is 38.8 Å². The minimum absolute atomic E-state index is 0.00882. The standard InChI is InChI=1S/C18H28N2O3/c1-4-23-16-9-7-15(8-10-16)17-6-5-11-20(17)18(22)12-19(3)14(2)13-21/h7-10,14,17,21H,4-6,11-13H2,1-3H3. The van der Waals surface area contributed by atoms with Crippen LogP contribution in [0.2, 0.25) is 0 Å². The zero-order valence-electron chi connectivity index (χ0n) is 14.4. The van der Waals surface area contributed by atoms with Gasteiger partial charge in [0.05, 0.1) is 25.8 Å². The van der Waals surface area contributed by atoms with Gasteiger partial charge in [-0.05, 0) is 51.4 Å². The Kier molecular flexibility index (Phi) is 6.42. The van der Waals surface area contributed by atoms with Gasteiger partial charge in [0.2, 0.25) is 5.91 Å². The first-order valence-corrected chi connectivity index (χ1v) is 8.40. The lowest BCUT2D eigenvalue weighted by molar-refractivity contribution is -0.133. The number of hydrogen-bond acceptors (Lipinski definition) is 4. The Labute approximate surface area is 138 Å². The highest BCUT2D eigenvalue weighted by Crippen LogP contribution is 2.32. The van der Waals surface area contributed by atoms with E-state index in [1.54, 1.807) is 0 Å². The molecular weight excluding hydrogens is 292 g/mol. The van der Waals surface area contributed by atoms with E-state index in [-0.39, 0.29) is 24.6 Å². The highest BCUT2D eigenvalue weighted by Gasteiger charge is 2.30. The molecule has 0 aromatic heterocycles. The largest absolute Gasteiger partial charge is 0.494 e. The fraction of sp³-hybridized carbons (Fsp3) is 0.611. The van der Waals surface area contributed by atoms with Gasteiger partial charge in [-0.3, -0.25) is 9.69 Å². The van der Waals surface area contributed by atoms with Gasteiger partial charge < -0.3 is 14.7 Å². The Morgan fingerprint density at radius 2 is 2.13 bits per heavy atom. The summed E-state index contributed by atoms with van der Waals surface area (Å²) in [6.07, 6.45) is 2.03. The predicted octanol–water partition coefficient (Wildman–Crippen LogP) is 2.06. The molecule has 1 aliphatic heterocycles. The minimum Gasteiger partial charge on any atom is -0.494 e. The van der Waals surface area contributed by atoms with Crippen LogP contribution in [0.5, 0.6) is 5.75 Å². The van der Waals surface area contributed by atoms with Crippen molar-refractivity contribution in [3.63, 3.8) is 0 Å². The summed E-state index contributed by atoms with van der Waals surface area (Å²) in [5.74, 6) is 0.993. The Morgan fingerprint density at radius 3 is 2.74 bits per heavy atom. The SMILES string of the molecule is CCOc1ccc(C2CCCN2C(=O)CN(C)C(C)CO)cc1. The number of carbonyl (C=O) groups is 1. The van der Waals surface area contributed by atoms with Gasteiger partial charge in [0, 0.05) is 12.6 Å². The molecule has 1 amide bonds. The van der Waals surface area contributed by atoms with Gasteiger partial charge in [-0.2, -0.15) is 0 Å². The molecule has 5 nitrogen and oxygen atoms in total. The number of benzene rings is 1. The van der Waals surface area contributed by atoms with Crippen LogP contribution in [0.3, 0.4) is 0 Å². The number of ether oxygens (including phenoxy) is 1. The zero-order valence-corrected chi connectivity index (χ0v) is 14.4. The topological polar surface area (TPSA) is 53.0 Å². The lowest BCUT2D eigenvalue weighted by Crippen LogP contribution is -2.42. The average Bonchev–Trinajstić information content (AvgIpc) is 3.04. The second-order valence-electron chi connectivity index (χ2n) is 6.19. The molecule has 0 radical (unpaired) electrons. The number of likely N-dealkylation sites (tertiary alicyclic amines) is 1. The van der Waals surface area contributed by atoms with E-state index >= 15 is 0 Å². The molecule has 2 atom stereocenters. The Bertz CT molecular complexity index is 503. The Hall–Kier alpha value is -1.59. The molecule has 0 saturated carbocycles. The minimum atomic E-state index is -0.00882. The van der Waals surface area contributed by atoms with Gasteiger partial charge in [-0.15, -0.1) is 0 Å². The Morgan fingerprint density at radius 1 is 1.43 bits per heavy atom. The summed E-state index contributed by atoms with van der Waals surface area (Å²) >= 11 is 0. The molecule has 1 saturated heterocycles. The van der Waals surface area contributed by atoms with E-state index in [2.05, 4.69) is 12.1 Å². The van der Waals surface area contributed by atoms with Crippen molar-refractivity contribution in [1.82, 2.24) is 9.80 Å². The molecule has 0 aliphatic carbocycles. The molecule has 1 heterocycles. The smallest absolute Gasteiger partial charge is 0.237 e. The summed E-state index contributed by atoms with van der Waals surface area (Å²) in [5.41, 5.74) is 1.16. The third-order valence-electron chi connectivity index (χ3n) is 4.55. The van der Waals surface area contributed by atoms with Gasteiger partial charge in [-0.25, -0.2) is 0 Å². The molecule has 1 aliphatic rings. The van der Waals surface area contributed by atoms with Crippen LogP contribution in [-0.4, -0.2) is 60.2 Å². The molecule has 1 aromatic carbocycles. The fourth-order valence-electron chi connectivity index (χ4n) is 2.96. The van der Waals surface area contributed by atoms with E-state index in [1.165, 1.54) is 0 Å². The van der Waals surface area contributed by atoms with E-state index < -0.39 is 0 Å². The van der Waals surface area contributed by atoms with E-state index in [4.69, 9.17) is 4.74 Å². The van der Waals surface area contributed by atoms with Gasteiger partial charge >= 0.3 is 0 Å². The summed E-state index contributed by atoms with van der Waals surface area (Å²) in [6, 6.07) is 8.20. The highest BCUT2D eigenvalue weighted by molar-refractivity contribution is 5.79. The van der Waals surface area contributed by atoms with Crippen LogP contribution in [0, 0.1) is 0 Å². The first-order valence-electron chi connectivity index (χ1n) is 8.40. The number of aliphatic hydroxyl groups excluding tert-OH is 1. The molecule has 128 valence electrons. The van der Waals surface area contributed by atoms with Gasteiger partial charge in [0.1, 0.15) is 5.75 Å². The molecule has 0 bridgehead atoms. The fourth-order valence-corrected chi connectivity index (χ4v) is 2.96. The van der Waals surface area contributed by atoms with Crippen LogP contribution in [0.15, 0.2) is 24.3 Å². The van der Waals surface area contributed by atoms with E-state index in [0.717, 1.165) is 30.7 Å². The number of hydrogen-bond donors (Lipinski definition) is 1. The number of amides is 1. The monoisotopic (exact) mass is 320 g/mol. The summed E-state index contributed by atoms with van der Waals surface area (Å²) in [6.45, 7) is 5.75. The number of nitrogens with zero attached hydrogens (tertiary/aromatic N) is 2. The number of carbonyl (C=O) groups excluding carboxylic acids is 1. The van der Waals surface area contributed by atoms with E-state index in [9.17, 15) is 9.90 Å². The first kappa shape index (κ1) is 17.8. The van der Waals surface area contributed by atoms with Crippen molar-refractivity contribution in [2.24, 2.45) is 0 Å². The lowest BCUT2D eigenvalue weighted by Gasteiger charge is -2.29. The molecule has 0 spiro atoms. The molecule has 2 rings (SSSR count). The van der Waals surface area contributed by atoms with Crippen molar-refractivity contribution >= 4 is 5.91 Å². The van der Waals surface area contributed by atoms with Gasteiger partial charge in [-0.1, -0.05) is 12.1 Å². The van der Waals surface area contributed by atoms with Crippen molar-refractivity contribution in [3.8, 4) is 5.75 Å². The van der Waals surface area contributed by atoms with Crippen LogP contribution < -0.4 is 4.74 Å². The normalized spacial score (nSPS) is 19.2. The summed E-state index contributed by atoms with van der Waals surface area (Å²) in [4.78, 5) is 16.5. The number of likely N-dealkylation sites (N-methyl/N-ethyl adjacent to an activating group) is 1. The van der Waals surface area contributed by atoms with Crippen molar-refractivity contribution in [2.75, 3.05) is 33.4 Å². The van der Waals surface area contributed by atoms with E-state index in [1.807, 2.05) is 42.8 Å². The van der Waals surface area contributed by atoms with Crippen molar-refractivity contribution in [1.29, 1.82) is 0 Å². The highest BCUT2D eigenvalue weighted by atomic mass is 16.5. The maximum absolute atomic E-state index is 12.6. The predicted molar refractivity (Wildman–Crippen MR) is 90.5 cm³/mol. The van der Waals surface area contributed by atoms with Crippen LogP contribution in [0.4, 0.5) is 0 Å². The molecule has 1 fully saturated rings. The maximum atomic E-state index is 12.6. The second kappa shape index (κ2) is 8.31. The van der Waals surface area contributed by atoms with Gasteiger partial charge in [0.25, 0.3) is 0 Å². The second-order valence-corrected chi connectivity index (χ2v) is 6.19. The van der Waals surface area contributed by atoms with Crippen LogP contribution in [-0.2, 0) is 4.79 Å². The summed E-state index contributed by atoms with van der Waals surface area (Å²) in [7, 11) is 1.88. The zero-order chi connectivity index (χ0) is 16.8. The average molecular weight is 320 g/mol. The number of aliphatic hydroxyl groups is 1. The Balaban J connectivity index is 2.03. The summed E-state index contributed by atoms with van der Waals surface area (Å²) < 4.78 is 5.48. The van der Waals surface area contributed by atoms with Gasteiger partial charge in [0.15, 0.2) is 0 Å². The molecule has 2 unspecified atom stereocenters. The quantitative estimate of drug-likeness (QED) is 0.835. The van der Waals surface area contributed by atoms with Crippen molar-refractivity contribution < 1.29 is 14.6 Å². The molecule has 5 heteroatoms. The number of rotatable bonds is 7. The third kappa shape index (κ3) is 4.45. The van der Waals surface area contributed by atoms with Crippen LogP contribution in [0.1, 0.15) is 38.3 Å². The third-order valence-corrected chi connectivity index (χ3v) is 4.55. The summed E-state index contributed by atoms with van der Waals surface area (Å²) in [5, 5.41) is 9.20. The lowest BCUT2D eigenvalue weighted by atomic mass is 10.0.